The summed E-state index contributed by atoms with van der Waals surface area (Å²) in [5.74, 6) is 1.55. The van der Waals surface area contributed by atoms with Crippen molar-refractivity contribution in [1.82, 2.24) is 20.0 Å². The monoisotopic (exact) mass is 484 g/mol. The Hall–Kier alpha value is -2.54. The standard InChI is InChI=1S/C24H28N4O2.BrH/c1-4-10-21-25-15-19(23-16(2)17(3)27-30-23)22(26-21)20-13-8-9-14-28(20)24(29)18-11-6-5-7-12-18;/h5-7,11-12,15,20H,4,8-10,13-14H2,1-3H3;1H. The molecule has 1 fully saturated rings. The van der Waals surface area contributed by atoms with E-state index >= 15 is 0 Å². The van der Waals surface area contributed by atoms with E-state index in [1.807, 2.05) is 55.3 Å². The number of halogens is 1. The van der Waals surface area contributed by atoms with Crippen LogP contribution in [0.1, 0.15) is 71.8 Å². The van der Waals surface area contributed by atoms with E-state index in [0.717, 1.165) is 67.0 Å². The van der Waals surface area contributed by atoms with Crippen molar-refractivity contribution in [2.75, 3.05) is 6.54 Å². The average Bonchev–Trinajstić information content (AvgIpc) is 3.12. The normalized spacial score (nSPS) is 16.1. The number of aromatic nitrogens is 3. The first-order valence-electron chi connectivity index (χ1n) is 10.7. The molecule has 0 radical (unpaired) electrons. The SMILES string of the molecule is Br.CCCc1ncc(-c2onc(C)c2C)c(C2CCCCN2C(=O)c2ccccc2)n1. The fourth-order valence-electron chi connectivity index (χ4n) is 4.08. The molecule has 0 saturated carbocycles. The van der Waals surface area contributed by atoms with Crippen LogP contribution < -0.4 is 0 Å². The van der Waals surface area contributed by atoms with Crippen LogP contribution in [0.4, 0.5) is 0 Å². The fourth-order valence-corrected chi connectivity index (χ4v) is 4.08. The quantitative estimate of drug-likeness (QED) is 0.467. The minimum Gasteiger partial charge on any atom is -0.356 e. The molecule has 31 heavy (non-hydrogen) atoms. The first-order chi connectivity index (χ1) is 14.6. The largest absolute Gasteiger partial charge is 0.356 e. The summed E-state index contributed by atoms with van der Waals surface area (Å²) in [6.45, 7) is 6.77. The molecule has 1 amide bonds. The van der Waals surface area contributed by atoms with Gasteiger partial charge in [0, 0.05) is 30.3 Å². The minimum atomic E-state index is -0.107. The van der Waals surface area contributed by atoms with Crippen molar-refractivity contribution in [1.29, 1.82) is 0 Å². The third kappa shape index (κ3) is 4.71. The molecule has 1 aliphatic rings. The number of carbonyl (C=O) groups is 1. The van der Waals surface area contributed by atoms with E-state index in [-0.39, 0.29) is 28.9 Å². The lowest BCUT2D eigenvalue weighted by Gasteiger charge is -2.36. The van der Waals surface area contributed by atoms with Gasteiger partial charge in [0.15, 0.2) is 5.76 Å². The zero-order valence-corrected chi connectivity index (χ0v) is 20.0. The van der Waals surface area contributed by atoms with Crippen LogP contribution in [0.5, 0.6) is 0 Å². The number of hydrogen-bond donors (Lipinski definition) is 0. The van der Waals surface area contributed by atoms with Crippen molar-refractivity contribution in [3.8, 4) is 11.3 Å². The number of hydrogen-bond acceptors (Lipinski definition) is 5. The summed E-state index contributed by atoms with van der Waals surface area (Å²) < 4.78 is 5.66. The van der Waals surface area contributed by atoms with Gasteiger partial charge in [0.2, 0.25) is 0 Å². The van der Waals surface area contributed by atoms with Crippen LogP contribution in [0, 0.1) is 13.8 Å². The van der Waals surface area contributed by atoms with Crippen molar-refractivity contribution >= 4 is 22.9 Å². The fraction of sp³-hybridized carbons (Fsp3) is 0.417. The average molecular weight is 485 g/mol. The van der Waals surface area contributed by atoms with Crippen LogP contribution in [0.2, 0.25) is 0 Å². The van der Waals surface area contributed by atoms with Gasteiger partial charge in [0.1, 0.15) is 5.82 Å². The van der Waals surface area contributed by atoms with Crippen LogP contribution in [0.25, 0.3) is 11.3 Å². The molecule has 3 aromatic rings. The van der Waals surface area contributed by atoms with Crippen LogP contribution in [-0.4, -0.2) is 32.5 Å². The highest BCUT2D eigenvalue weighted by Crippen LogP contribution is 2.38. The lowest BCUT2D eigenvalue weighted by Crippen LogP contribution is -2.39. The van der Waals surface area contributed by atoms with E-state index in [1.165, 1.54) is 0 Å². The summed E-state index contributed by atoms with van der Waals surface area (Å²) in [4.78, 5) is 24.9. The molecule has 1 saturated heterocycles. The number of amides is 1. The van der Waals surface area contributed by atoms with Crippen LogP contribution >= 0.6 is 17.0 Å². The van der Waals surface area contributed by atoms with Gasteiger partial charge in [-0.05, 0) is 51.7 Å². The number of piperidine rings is 1. The van der Waals surface area contributed by atoms with Crippen molar-refractivity contribution in [2.45, 2.75) is 58.9 Å². The molecule has 0 spiro atoms. The van der Waals surface area contributed by atoms with Gasteiger partial charge in [0.25, 0.3) is 5.91 Å². The van der Waals surface area contributed by atoms with Crippen molar-refractivity contribution in [3.63, 3.8) is 0 Å². The lowest BCUT2D eigenvalue weighted by molar-refractivity contribution is 0.0606. The Labute approximate surface area is 193 Å². The Morgan fingerprint density at radius 1 is 1.19 bits per heavy atom. The number of rotatable bonds is 5. The molecule has 1 atom stereocenters. The number of nitrogens with zero attached hydrogens (tertiary/aromatic N) is 4. The van der Waals surface area contributed by atoms with Gasteiger partial charge in [-0.15, -0.1) is 17.0 Å². The van der Waals surface area contributed by atoms with E-state index in [4.69, 9.17) is 9.51 Å². The van der Waals surface area contributed by atoms with Gasteiger partial charge >= 0.3 is 0 Å². The number of likely N-dealkylation sites (tertiary alicyclic amines) is 1. The molecule has 7 heteroatoms. The second-order valence-corrected chi connectivity index (χ2v) is 7.93. The van der Waals surface area contributed by atoms with E-state index in [0.29, 0.717) is 11.3 Å². The number of carbonyl (C=O) groups excluding carboxylic acids is 1. The summed E-state index contributed by atoms with van der Waals surface area (Å²) in [5, 5.41) is 4.13. The van der Waals surface area contributed by atoms with Gasteiger partial charge in [-0.25, -0.2) is 9.97 Å². The number of aryl methyl sites for hydroxylation is 2. The van der Waals surface area contributed by atoms with Crippen molar-refractivity contribution in [3.05, 3.63) is 64.9 Å². The molecule has 1 aromatic carbocycles. The number of benzene rings is 1. The van der Waals surface area contributed by atoms with Crippen molar-refractivity contribution < 1.29 is 9.32 Å². The third-order valence-electron chi connectivity index (χ3n) is 5.84. The van der Waals surface area contributed by atoms with Gasteiger partial charge in [-0.3, -0.25) is 4.79 Å². The van der Waals surface area contributed by atoms with E-state index < -0.39 is 0 Å². The third-order valence-corrected chi connectivity index (χ3v) is 5.84. The summed E-state index contributed by atoms with van der Waals surface area (Å²) in [7, 11) is 0. The zero-order chi connectivity index (χ0) is 21.1. The molecule has 164 valence electrons. The highest BCUT2D eigenvalue weighted by molar-refractivity contribution is 8.93. The Morgan fingerprint density at radius 3 is 2.65 bits per heavy atom. The molecule has 0 bridgehead atoms. The molecule has 1 aliphatic heterocycles. The lowest BCUT2D eigenvalue weighted by atomic mass is 9.94. The van der Waals surface area contributed by atoms with E-state index in [1.54, 1.807) is 0 Å². The predicted octanol–water partition coefficient (Wildman–Crippen LogP) is 5.65. The van der Waals surface area contributed by atoms with E-state index in [9.17, 15) is 4.79 Å². The molecule has 6 nitrogen and oxygen atoms in total. The van der Waals surface area contributed by atoms with E-state index in [2.05, 4.69) is 17.1 Å². The Morgan fingerprint density at radius 2 is 1.97 bits per heavy atom. The highest BCUT2D eigenvalue weighted by Gasteiger charge is 2.33. The summed E-state index contributed by atoms with van der Waals surface area (Å²) in [6, 6.07) is 9.39. The van der Waals surface area contributed by atoms with Crippen molar-refractivity contribution in [2.24, 2.45) is 0 Å². The van der Waals surface area contributed by atoms with Gasteiger partial charge < -0.3 is 9.42 Å². The smallest absolute Gasteiger partial charge is 0.254 e. The molecular weight excluding hydrogens is 456 g/mol. The van der Waals surface area contributed by atoms with Gasteiger partial charge in [-0.1, -0.05) is 30.3 Å². The molecule has 2 aromatic heterocycles. The second kappa shape index (κ2) is 10.2. The Balaban J connectivity index is 0.00000272. The molecule has 0 N–H and O–H groups in total. The Kier molecular flexibility index (Phi) is 7.59. The maximum absolute atomic E-state index is 13.4. The maximum atomic E-state index is 13.4. The van der Waals surface area contributed by atoms with Crippen LogP contribution in [0.15, 0.2) is 41.1 Å². The molecule has 0 aliphatic carbocycles. The highest BCUT2D eigenvalue weighted by atomic mass is 79.9. The van der Waals surface area contributed by atoms with Gasteiger partial charge in [0.05, 0.1) is 23.0 Å². The molecule has 3 heterocycles. The maximum Gasteiger partial charge on any atom is 0.254 e. The van der Waals surface area contributed by atoms with Gasteiger partial charge in [-0.2, -0.15) is 0 Å². The topological polar surface area (TPSA) is 72.1 Å². The zero-order valence-electron chi connectivity index (χ0n) is 18.3. The first-order valence-corrected chi connectivity index (χ1v) is 10.7. The second-order valence-electron chi connectivity index (χ2n) is 7.93. The minimum absolute atomic E-state index is 0. The summed E-state index contributed by atoms with van der Waals surface area (Å²) >= 11 is 0. The summed E-state index contributed by atoms with van der Waals surface area (Å²) in [5.41, 5.74) is 4.26. The molecular formula is C24H29BrN4O2. The molecule has 1 unspecified atom stereocenters. The van der Waals surface area contributed by atoms with Crippen LogP contribution in [0.3, 0.4) is 0 Å². The van der Waals surface area contributed by atoms with Crippen LogP contribution in [-0.2, 0) is 6.42 Å². The predicted molar refractivity (Wildman–Crippen MR) is 125 cm³/mol. The Bertz CT molecular complexity index is 1040. The first kappa shape index (κ1) is 23.1. The molecule has 4 rings (SSSR count). The summed E-state index contributed by atoms with van der Waals surface area (Å²) in [6.07, 6.45) is 6.56.